The van der Waals surface area contributed by atoms with E-state index in [9.17, 15) is 18.8 Å². The van der Waals surface area contributed by atoms with E-state index in [0.717, 1.165) is 55.8 Å². The normalized spacial score (nSPS) is 24.8. The average Bonchev–Trinajstić information content (AvgIpc) is 3.95. The monoisotopic (exact) mass is 719 g/mol. The van der Waals surface area contributed by atoms with E-state index in [0.29, 0.717) is 52.7 Å². The zero-order chi connectivity index (χ0) is 36.4. The number of halogens is 1. The molecule has 5 aliphatic carbocycles. The van der Waals surface area contributed by atoms with Gasteiger partial charge < -0.3 is 25.2 Å². The van der Waals surface area contributed by atoms with Crippen LogP contribution in [0.15, 0.2) is 53.5 Å². The van der Waals surface area contributed by atoms with Crippen molar-refractivity contribution in [2.24, 2.45) is 23.2 Å². The molecule has 2 N–H and O–H groups in total. The fourth-order valence-electron chi connectivity index (χ4n) is 10.1. The first-order valence-electron chi connectivity index (χ1n) is 19.1. The van der Waals surface area contributed by atoms with Crippen LogP contribution >= 0.6 is 0 Å². The fraction of sp³-hybridized carbons (Fsp3) is 0.488. The summed E-state index contributed by atoms with van der Waals surface area (Å²) in [5.41, 5.74) is 2.74. The van der Waals surface area contributed by atoms with Crippen LogP contribution in [0.3, 0.4) is 0 Å². The molecule has 11 nitrogen and oxygen atoms in total. The highest BCUT2D eigenvalue weighted by atomic mass is 19.1. The predicted octanol–water partition coefficient (Wildman–Crippen LogP) is 6.13. The van der Waals surface area contributed by atoms with Gasteiger partial charge in [0.05, 0.1) is 24.0 Å². The summed E-state index contributed by atoms with van der Waals surface area (Å²) in [5, 5.41) is 6.71. The van der Waals surface area contributed by atoms with Gasteiger partial charge in [-0.3, -0.25) is 19.0 Å². The van der Waals surface area contributed by atoms with Gasteiger partial charge in [0.1, 0.15) is 11.6 Å². The van der Waals surface area contributed by atoms with E-state index in [1.807, 2.05) is 25.1 Å². The van der Waals surface area contributed by atoms with Crippen LogP contribution in [-0.4, -0.2) is 70.6 Å². The minimum atomic E-state index is -0.660. The number of pyridine rings is 1. The van der Waals surface area contributed by atoms with Crippen LogP contribution in [0.25, 0.3) is 16.7 Å². The minimum absolute atomic E-state index is 0.0578. The number of aryl methyl sites for hydroxylation is 1. The van der Waals surface area contributed by atoms with Crippen LogP contribution in [0.5, 0.6) is 5.75 Å². The maximum Gasteiger partial charge on any atom is 0.257 e. The largest absolute Gasteiger partial charge is 0.494 e. The molecule has 6 aliphatic rings. The lowest BCUT2D eigenvalue weighted by atomic mass is 9.49. The third-order valence-electron chi connectivity index (χ3n) is 12.5. The number of amides is 2. The molecule has 10 rings (SSSR count). The lowest BCUT2D eigenvalue weighted by Gasteiger charge is -2.57. The van der Waals surface area contributed by atoms with Crippen LogP contribution in [-0.2, 0) is 4.79 Å². The first-order valence-corrected chi connectivity index (χ1v) is 19.1. The van der Waals surface area contributed by atoms with Crippen LogP contribution < -0.4 is 25.8 Å². The average molecular weight is 720 g/mol. The first-order chi connectivity index (χ1) is 25.6. The van der Waals surface area contributed by atoms with Crippen molar-refractivity contribution in [2.45, 2.75) is 70.8 Å². The van der Waals surface area contributed by atoms with Crippen molar-refractivity contribution in [3.05, 3.63) is 76.0 Å². The predicted molar refractivity (Wildman–Crippen MR) is 201 cm³/mol. The number of carbonyl (C=O) groups is 2. The van der Waals surface area contributed by atoms with Gasteiger partial charge in [0, 0.05) is 68.0 Å². The Hall–Kier alpha value is -5.00. The van der Waals surface area contributed by atoms with Crippen LogP contribution in [0.2, 0.25) is 0 Å². The number of fused-ring (bicyclic) bond motifs is 1. The van der Waals surface area contributed by atoms with Crippen molar-refractivity contribution in [1.29, 1.82) is 0 Å². The number of anilines is 3. The van der Waals surface area contributed by atoms with E-state index < -0.39 is 11.7 Å². The second kappa shape index (κ2) is 13.1. The number of methoxy groups -OCH3 is 1. The molecule has 12 heteroatoms. The highest BCUT2D eigenvalue weighted by molar-refractivity contribution is 5.95. The lowest BCUT2D eigenvalue weighted by Crippen LogP contribution is -2.52. The summed E-state index contributed by atoms with van der Waals surface area (Å²) in [5.74, 6) is 2.54. The van der Waals surface area contributed by atoms with Gasteiger partial charge in [-0.05, 0) is 117 Å². The van der Waals surface area contributed by atoms with Crippen LogP contribution in [0.4, 0.5) is 21.7 Å². The van der Waals surface area contributed by atoms with Crippen LogP contribution in [0, 0.1) is 35.9 Å². The summed E-state index contributed by atoms with van der Waals surface area (Å²) >= 11 is 0. The Bertz CT molecular complexity index is 2140. The SMILES string of the molecule is COc1cc(N2CCN(C(=O)CC34CC5CC(CC(C5)C3)C4)CC2)ccc1Nc1ncc2c(C)cc(=O)n(-c3ccc(F)c(C(=O)NC4CC4)c3)c2n1. The van der Waals surface area contributed by atoms with E-state index in [1.54, 1.807) is 13.3 Å². The van der Waals surface area contributed by atoms with Gasteiger partial charge >= 0.3 is 0 Å². The number of ether oxygens (including phenoxy) is 1. The molecule has 53 heavy (non-hydrogen) atoms. The second-order valence-corrected chi connectivity index (χ2v) is 16.3. The summed E-state index contributed by atoms with van der Waals surface area (Å²) < 4.78 is 21.9. The molecule has 3 heterocycles. The minimum Gasteiger partial charge on any atom is -0.494 e. The molecular weight excluding hydrogens is 673 g/mol. The molecule has 0 atom stereocenters. The van der Waals surface area contributed by atoms with Crippen molar-refractivity contribution in [3.8, 4) is 11.4 Å². The van der Waals surface area contributed by atoms with E-state index in [-0.39, 0.29) is 28.5 Å². The number of hydrogen-bond acceptors (Lipinski definition) is 8. The first kappa shape index (κ1) is 33.8. The zero-order valence-corrected chi connectivity index (χ0v) is 30.4. The number of benzene rings is 2. The summed E-state index contributed by atoms with van der Waals surface area (Å²) in [6, 6.07) is 11.5. The molecule has 2 aromatic carbocycles. The van der Waals surface area contributed by atoms with E-state index in [2.05, 4.69) is 25.4 Å². The smallest absolute Gasteiger partial charge is 0.257 e. The number of piperazine rings is 1. The van der Waals surface area contributed by atoms with Crippen molar-refractivity contribution >= 4 is 40.2 Å². The molecule has 4 aromatic rings. The van der Waals surface area contributed by atoms with Crippen molar-refractivity contribution in [1.82, 2.24) is 24.8 Å². The summed E-state index contributed by atoms with van der Waals surface area (Å²) in [6.07, 6.45) is 12.0. The van der Waals surface area contributed by atoms with Gasteiger partial charge in [0.25, 0.3) is 11.5 Å². The van der Waals surface area contributed by atoms with Crippen LogP contribution in [0.1, 0.15) is 73.7 Å². The highest BCUT2D eigenvalue weighted by Gasteiger charge is 2.51. The van der Waals surface area contributed by atoms with E-state index in [4.69, 9.17) is 9.72 Å². The van der Waals surface area contributed by atoms with Gasteiger partial charge in [0.2, 0.25) is 11.9 Å². The van der Waals surface area contributed by atoms with Gasteiger partial charge in [-0.25, -0.2) is 9.37 Å². The number of nitrogens with one attached hydrogen (secondary N) is 2. The summed E-state index contributed by atoms with van der Waals surface area (Å²) in [4.78, 5) is 53.4. The highest BCUT2D eigenvalue weighted by Crippen LogP contribution is 2.61. The van der Waals surface area contributed by atoms with Crippen molar-refractivity contribution in [3.63, 3.8) is 0 Å². The number of rotatable bonds is 9. The molecule has 2 amide bonds. The zero-order valence-electron chi connectivity index (χ0n) is 30.4. The molecular formula is C41H46FN7O4. The Morgan fingerprint density at radius 1 is 0.943 bits per heavy atom. The standard InChI is InChI=1S/C41H46FN7O4/c1-24-13-36(50)49(30-5-7-33(42)31(17-30)39(52)44-28-3-4-28)38-32(24)23-43-40(46-38)45-34-8-6-29(18-35(34)53-2)47-9-11-48(12-10-47)37(51)22-41-19-25-14-26(20-41)16-27(15-25)21-41/h5-8,13,17-18,23,25-28H,3-4,9-12,14-16,19-22H2,1-2H3,(H,44,52)(H,43,45,46). The topological polar surface area (TPSA) is 122 Å². The Labute approximate surface area is 307 Å². The lowest BCUT2D eigenvalue weighted by molar-refractivity contribution is -0.139. The summed E-state index contributed by atoms with van der Waals surface area (Å²) in [7, 11) is 1.61. The van der Waals surface area contributed by atoms with Gasteiger partial charge in [-0.1, -0.05) is 0 Å². The third-order valence-corrected chi connectivity index (χ3v) is 12.5. The molecule has 0 unspecified atom stereocenters. The molecule has 5 saturated carbocycles. The van der Waals surface area contributed by atoms with Crippen molar-refractivity contribution < 1.29 is 18.7 Å². The Balaban J connectivity index is 0.910. The molecule has 1 aliphatic heterocycles. The Kier molecular flexibility index (Phi) is 8.38. The number of carbonyl (C=O) groups excluding carboxylic acids is 2. The quantitative estimate of drug-likeness (QED) is 0.212. The van der Waals surface area contributed by atoms with Gasteiger partial charge in [-0.15, -0.1) is 0 Å². The van der Waals surface area contributed by atoms with E-state index >= 15 is 0 Å². The molecule has 276 valence electrons. The maximum atomic E-state index is 14.8. The molecule has 1 saturated heterocycles. The number of aromatic nitrogens is 3. The molecule has 4 bridgehead atoms. The Morgan fingerprint density at radius 2 is 1.64 bits per heavy atom. The second-order valence-electron chi connectivity index (χ2n) is 16.3. The van der Waals surface area contributed by atoms with Gasteiger partial charge in [-0.2, -0.15) is 4.98 Å². The third kappa shape index (κ3) is 6.50. The molecule has 0 spiro atoms. The molecule has 0 radical (unpaired) electrons. The molecule has 6 fully saturated rings. The van der Waals surface area contributed by atoms with Crippen molar-refractivity contribution in [2.75, 3.05) is 43.5 Å². The Morgan fingerprint density at radius 3 is 2.32 bits per heavy atom. The van der Waals surface area contributed by atoms with Gasteiger partial charge in [0.15, 0.2) is 5.65 Å². The number of nitrogens with zero attached hydrogens (tertiary/aromatic N) is 5. The molecule has 2 aromatic heterocycles. The maximum absolute atomic E-state index is 14.8. The van der Waals surface area contributed by atoms with E-state index in [1.165, 1.54) is 67.4 Å². The summed E-state index contributed by atoms with van der Waals surface area (Å²) in [6.45, 7) is 4.73. The fourth-order valence-corrected chi connectivity index (χ4v) is 10.1. The number of hydrogen-bond donors (Lipinski definition) is 2.